The lowest BCUT2D eigenvalue weighted by Gasteiger charge is -2.15. The number of carbonyl (C=O) groups is 3. The van der Waals surface area contributed by atoms with Crippen molar-refractivity contribution < 1.29 is 14.4 Å². The summed E-state index contributed by atoms with van der Waals surface area (Å²) in [5.41, 5.74) is 0. The van der Waals surface area contributed by atoms with Crippen LogP contribution < -0.4 is 5.32 Å². The molecular formula is C17H30N2O3S. The van der Waals surface area contributed by atoms with Gasteiger partial charge < -0.3 is 5.32 Å². The number of hydrogen-bond donors (Lipinski definition) is 1. The summed E-state index contributed by atoms with van der Waals surface area (Å²) >= 11 is 1.57. The number of imide groups is 1. The van der Waals surface area contributed by atoms with E-state index < -0.39 is 0 Å². The number of thioether (sulfide) groups is 1. The van der Waals surface area contributed by atoms with Gasteiger partial charge in [0.25, 0.3) is 0 Å². The van der Waals surface area contributed by atoms with Gasteiger partial charge in [-0.05, 0) is 30.4 Å². The molecule has 0 bridgehead atoms. The molecule has 132 valence electrons. The standard InChI is InChI=1S/C17H30N2O3S/c1-12(2)5-8-18-15(20)6-9-19-16(21)11-14(17(19)22)23-10-7-13(3)4/h12-14H,5-11H2,1-4H3,(H,18,20). The smallest absolute Gasteiger partial charge is 0.242 e. The Morgan fingerprint density at radius 2 is 1.87 bits per heavy atom. The number of nitrogens with zero attached hydrogens (tertiary/aromatic N) is 1. The average molecular weight is 343 g/mol. The minimum Gasteiger partial charge on any atom is -0.356 e. The molecule has 23 heavy (non-hydrogen) atoms. The van der Waals surface area contributed by atoms with Crippen LogP contribution in [0.25, 0.3) is 0 Å². The Kier molecular flexibility index (Phi) is 8.66. The Bertz CT molecular complexity index is 424. The predicted octanol–water partition coefficient (Wildman–Crippen LogP) is 2.45. The number of nitrogens with one attached hydrogen (secondary N) is 1. The minimum absolute atomic E-state index is 0.0952. The van der Waals surface area contributed by atoms with Crippen molar-refractivity contribution in [3.8, 4) is 0 Å². The summed E-state index contributed by atoms with van der Waals surface area (Å²) in [6.07, 6.45) is 2.44. The molecule has 1 saturated heterocycles. The first kappa shape index (κ1) is 20.0. The predicted molar refractivity (Wildman–Crippen MR) is 94.1 cm³/mol. The lowest BCUT2D eigenvalue weighted by molar-refractivity contribution is -0.138. The van der Waals surface area contributed by atoms with Gasteiger partial charge in [0.15, 0.2) is 0 Å². The first-order chi connectivity index (χ1) is 10.8. The lowest BCUT2D eigenvalue weighted by Crippen LogP contribution is -2.36. The zero-order valence-corrected chi connectivity index (χ0v) is 15.6. The number of likely N-dealkylation sites (tertiary alicyclic amines) is 1. The highest BCUT2D eigenvalue weighted by atomic mass is 32.2. The topological polar surface area (TPSA) is 66.5 Å². The van der Waals surface area contributed by atoms with E-state index in [-0.39, 0.29) is 42.4 Å². The van der Waals surface area contributed by atoms with E-state index in [9.17, 15) is 14.4 Å². The molecular weight excluding hydrogens is 312 g/mol. The molecule has 0 aromatic rings. The third kappa shape index (κ3) is 7.38. The van der Waals surface area contributed by atoms with Gasteiger partial charge in [-0.25, -0.2) is 0 Å². The van der Waals surface area contributed by atoms with Crippen LogP contribution in [0, 0.1) is 11.8 Å². The van der Waals surface area contributed by atoms with Crippen LogP contribution in [-0.2, 0) is 14.4 Å². The van der Waals surface area contributed by atoms with Crippen LogP contribution in [0.3, 0.4) is 0 Å². The fraction of sp³-hybridized carbons (Fsp3) is 0.824. The normalized spacial score (nSPS) is 18.3. The van der Waals surface area contributed by atoms with Crippen molar-refractivity contribution in [1.82, 2.24) is 10.2 Å². The van der Waals surface area contributed by atoms with E-state index in [1.807, 2.05) is 0 Å². The summed E-state index contributed by atoms with van der Waals surface area (Å²) < 4.78 is 0. The van der Waals surface area contributed by atoms with Crippen LogP contribution in [0.1, 0.15) is 53.4 Å². The van der Waals surface area contributed by atoms with Gasteiger partial charge in [0.1, 0.15) is 0 Å². The van der Waals surface area contributed by atoms with E-state index >= 15 is 0 Å². The molecule has 0 saturated carbocycles. The number of hydrogen-bond acceptors (Lipinski definition) is 4. The van der Waals surface area contributed by atoms with Gasteiger partial charge >= 0.3 is 0 Å². The Hall–Kier alpha value is -1.04. The Labute approximate surface area is 143 Å². The molecule has 0 spiro atoms. The molecule has 0 aliphatic carbocycles. The first-order valence-corrected chi connectivity index (χ1v) is 9.58. The highest BCUT2D eigenvalue weighted by Gasteiger charge is 2.38. The maximum atomic E-state index is 12.3. The van der Waals surface area contributed by atoms with Crippen LogP contribution in [0.15, 0.2) is 0 Å². The lowest BCUT2D eigenvalue weighted by atomic mass is 10.1. The molecule has 1 aliphatic rings. The van der Waals surface area contributed by atoms with Crippen molar-refractivity contribution >= 4 is 29.5 Å². The van der Waals surface area contributed by atoms with Gasteiger partial charge in [-0.3, -0.25) is 19.3 Å². The third-order valence-electron chi connectivity index (χ3n) is 3.82. The molecule has 0 aromatic carbocycles. The summed E-state index contributed by atoms with van der Waals surface area (Å²) in [5, 5.41) is 2.57. The van der Waals surface area contributed by atoms with Crippen LogP contribution in [0.4, 0.5) is 0 Å². The highest BCUT2D eigenvalue weighted by molar-refractivity contribution is 8.00. The van der Waals surface area contributed by atoms with E-state index in [0.717, 1.165) is 18.6 Å². The molecule has 3 amide bonds. The third-order valence-corrected chi connectivity index (χ3v) is 5.07. The van der Waals surface area contributed by atoms with E-state index in [4.69, 9.17) is 0 Å². The number of rotatable bonds is 10. The van der Waals surface area contributed by atoms with Crippen LogP contribution in [0.5, 0.6) is 0 Å². The van der Waals surface area contributed by atoms with Crippen molar-refractivity contribution in [1.29, 1.82) is 0 Å². The Morgan fingerprint density at radius 3 is 2.48 bits per heavy atom. The van der Waals surface area contributed by atoms with Crippen molar-refractivity contribution in [3.05, 3.63) is 0 Å². The van der Waals surface area contributed by atoms with E-state index in [1.54, 1.807) is 11.8 Å². The molecule has 1 N–H and O–H groups in total. The minimum atomic E-state index is -0.259. The van der Waals surface area contributed by atoms with Crippen molar-refractivity contribution in [2.75, 3.05) is 18.8 Å². The SMILES string of the molecule is CC(C)CCNC(=O)CCN1C(=O)CC(SCCC(C)C)C1=O. The van der Waals surface area contributed by atoms with Gasteiger partial charge in [0.05, 0.1) is 5.25 Å². The monoisotopic (exact) mass is 342 g/mol. The molecule has 0 radical (unpaired) electrons. The summed E-state index contributed by atoms with van der Waals surface area (Å²) in [5.74, 6) is 1.67. The number of amides is 3. The van der Waals surface area contributed by atoms with Gasteiger partial charge in [-0.15, -0.1) is 11.8 Å². The summed E-state index contributed by atoms with van der Waals surface area (Å²) in [4.78, 5) is 37.2. The largest absolute Gasteiger partial charge is 0.356 e. The molecule has 1 fully saturated rings. The van der Waals surface area contributed by atoms with Gasteiger partial charge in [-0.2, -0.15) is 0 Å². The summed E-state index contributed by atoms with van der Waals surface area (Å²) in [6, 6.07) is 0. The second-order valence-electron chi connectivity index (χ2n) is 6.91. The van der Waals surface area contributed by atoms with Crippen LogP contribution in [0.2, 0.25) is 0 Å². The summed E-state index contributed by atoms with van der Waals surface area (Å²) in [6.45, 7) is 9.34. The van der Waals surface area contributed by atoms with Crippen molar-refractivity contribution in [3.63, 3.8) is 0 Å². The maximum absolute atomic E-state index is 12.3. The van der Waals surface area contributed by atoms with Crippen molar-refractivity contribution in [2.45, 2.75) is 58.6 Å². The molecule has 5 nitrogen and oxygen atoms in total. The Morgan fingerprint density at radius 1 is 1.22 bits per heavy atom. The quantitative estimate of drug-likeness (QED) is 0.619. The van der Waals surface area contributed by atoms with Crippen LogP contribution in [-0.4, -0.2) is 46.7 Å². The first-order valence-electron chi connectivity index (χ1n) is 8.53. The maximum Gasteiger partial charge on any atom is 0.242 e. The highest BCUT2D eigenvalue weighted by Crippen LogP contribution is 2.26. The molecule has 1 unspecified atom stereocenters. The van der Waals surface area contributed by atoms with E-state index in [0.29, 0.717) is 18.4 Å². The van der Waals surface area contributed by atoms with Gasteiger partial charge in [0.2, 0.25) is 17.7 Å². The summed E-state index contributed by atoms with van der Waals surface area (Å²) in [7, 11) is 0. The molecule has 0 aromatic heterocycles. The van der Waals surface area contributed by atoms with E-state index in [1.165, 1.54) is 4.90 Å². The molecule has 1 atom stereocenters. The number of carbonyl (C=O) groups excluding carboxylic acids is 3. The average Bonchev–Trinajstić information content (AvgIpc) is 2.71. The second-order valence-corrected chi connectivity index (χ2v) is 8.22. The van der Waals surface area contributed by atoms with Gasteiger partial charge in [-0.1, -0.05) is 27.7 Å². The van der Waals surface area contributed by atoms with Crippen LogP contribution >= 0.6 is 11.8 Å². The van der Waals surface area contributed by atoms with E-state index in [2.05, 4.69) is 33.0 Å². The molecule has 1 rings (SSSR count). The second kappa shape index (κ2) is 9.96. The molecule has 1 aliphatic heterocycles. The zero-order chi connectivity index (χ0) is 17.4. The fourth-order valence-corrected chi connectivity index (χ4v) is 3.69. The Balaban J connectivity index is 2.32. The fourth-order valence-electron chi connectivity index (χ4n) is 2.27. The van der Waals surface area contributed by atoms with Crippen molar-refractivity contribution in [2.24, 2.45) is 11.8 Å². The van der Waals surface area contributed by atoms with Gasteiger partial charge in [0, 0.05) is 25.9 Å². The molecule has 6 heteroatoms. The zero-order valence-electron chi connectivity index (χ0n) is 14.8. The molecule has 1 heterocycles.